The SMILES string of the molecule is O=C(Nc1ccc(Oc2ncccn2)cc1)NC(c1ccccc1)C1CC1. The Morgan fingerprint density at radius 2 is 1.67 bits per heavy atom. The molecule has 1 unspecified atom stereocenters. The molecular formula is C21H20N4O2. The van der Waals surface area contributed by atoms with Gasteiger partial charge in [-0.3, -0.25) is 0 Å². The zero-order chi connectivity index (χ0) is 18.5. The van der Waals surface area contributed by atoms with Gasteiger partial charge in [0.25, 0.3) is 0 Å². The molecule has 0 saturated heterocycles. The molecule has 0 radical (unpaired) electrons. The van der Waals surface area contributed by atoms with E-state index in [2.05, 4.69) is 32.7 Å². The highest BCUT2D eigenvalue weighted by molar-refractivity contribution is 5.89. The third-order valence-electron chi connectivity index (χ3n) is 4.40. The molecule has 27 heavy (non-hydrogen) atoms. The van der Waals surface area contributed by atoms with E-state index < -0.39 is 0 Å². The summed E-state index contributed by atoms with van der Waals surface area (Å²) in [5.74, 6) is 1.12. The minimum absolute atomic E-state index is 0.0454. The van der Waals surface area contributed by atoms with Gasteiger partial charge in [-0.15, -0.1) is 0 Å². The van der Waals surface area contributed by atoms with E-state index in [1.807, 2.05) is 18.2 Å². The van der Waals surface area contributed by atoms with Crippen molar-refractivity contribution in [2.75, 3.05) is 5.32 Å². The summed E-state index contributed by atoms with van der Waals surface area (Å²) in [4.78, 5) is 20.5. The summed E-state index contributed by atoms with van der Waals surface area (Å²) in [6.07, 6.45) is 5.53. The van der Waals surface area contributed by atoms with Crippen molar-refractivity contribution in [3.05, 3.63) is 78.6 Å². The highest BCUT2D eigenvalue weighted by Gasteiger charge is 2.33. The van der Waals surface area contributed by atoms with E-state index in [4.69, 9.17) is 4.74 Å². The number of ether oxygens (including phenoxy) is 1. The first-order valence-corrected chi connectivity index (χ1v) is 8.95. The number of nitrogens with zero attached hydrogens (tertiary/aromatic N) is 2. The van der Waals surface area contributed by atoms with Crippen LogP contribution in [0.5, 0.6) is 11.8 Å². The molecule has 6 heteroatoms. The Hall–Kier alpha value is -3.41. The number of hydrogen-bond acceptors (Lipinski definition) is 4. The van der Waals surface area contributed by atoms with Gasteiger partial charge in [-0.25, -0.2) is 14.8 Å². The predicted octanol–water partition coefficient (Wildman–Crippen LogP) is 4.54. The number of hydrogen-bond donors (Lipinski definition) is 2. The van der Waals surface area contributed by atoms with Crippen molar-refractivity contribution in [3.8, 4) is 11.8 Å². The molecule has 6 nitrogen and oxygen atoms in total. The first kappa shape index (κ1) is 17.0. The molecular weight excluding hydrogens is 340 g/mol. The number of rotatable bonds is 6. The van der Waals surface area contributed by atoms with Crippen LogP contribution in [-0.2, 0) is 0 Å². The molecule has 2 N–H and O–H groups in total. The van der Waals surface area contributed by atoms with Gasteiger partial charge in [0.2, 0.25) is 0 Å². The smallest absolute Gasteiger partial charge is 0.321 e. The number of nitrogens with one attached hydrogen (secondary N) is 2. The highest BCUT2D eigenvalue weighted by Crippen LogP contribution is 2.40. The Morgan fingerprint density at radius 1 is 0.963 bits per heavy atom. The van der Waals surface area contributed by atoms with Gasteiger partial charge in [0.1, 0.15) is 5.75 Å². The number of urea groups is 1. The number of amides is 2. The van der Waals surface area contributed by atoms with Gasteiger partial charge in [-0.2, -0.15) is 0 Å². The summed E-state index contributed by atoms with van der Waals surface area (Å²) in [5, 5.41) is 5.98. The van der Waals surface area contributed by atoms with Crippen LogP contribution in [0.15, 0.2) is 73.1 Å². The van der Waals surface area contributed by atoms with E-state index >= 15 is 0 Å². The fraction of sp³-hybridized carbons (Fsp3) is 0.190. The van der Waals surface area contributed by atoms with Crippen molar-refractivity contribution < 1.29 is 9.53 Å². The lowest BCUT2D eigenvalue weighted by Crippen LogP contribution is -2.33. The molecule has 1 fully saturated rings. The number of carbonyl (C=O) groups excluding carboxylic acids is 1. The summed E-state index contributed by atoms with van der Waals surface area (Å²) in [5.41, 5.74) is 1.83. The zero-order valence-electron chi connectivity index (χ0n) is 14.7. The van der Waals surface area contributed by atoms with Crippen LogP contribution in [0.3, 0.4) is 0 Å². The van der Waals surface area contributed by atoms with E-state index in [0.717, 1.165) is 18.4 Å². The van der Waals surface area contributed by atoms with Gasteiger partial charge in [0.05, 0.1) is 6.04 Å². The summed E-state index contributed by atoms with van der Waals surface area (Å²) in [6.45, 7) is 0. The molecule has 3 aromatic rings. The van der Waals surface area contributed by atoms with Crippen LogP contribution < -0.4 is 15.4 Å². The standard InChI is InChI=1S/C21H20N4O2/c26-20(25-19(16-7-8-16)15-5-2-1-3-6-15)24-17-9-11-18(12-10-17)27-21-22-13-4-14-23-21/h1-6,9-14,16,19H,7-8H2,(H2,24,25,26). The largest absolute Gasteiger partial charge is 0.424 e. The maximum absolute atomic E-state index is 12.4. The molecule has 1 heterocycles. The number of anilines is 1. The maximum atomic E-state index is 12.4. The zero-order valence-corrected chi connectivity index (χ0v) is 14.7. The van der Waals surface area contributed by atoms with Gasteiger partial charge < -0.3 is 15.4 Å². The minimum atomic E-state index is -0.212. The van der Waals surface area contributed by atoms with Crippen molar-refractivity contribution in [2.45, 2.75) is 18.9 Å². The van der Waals surface area contributed by atoms with Crippen LogP contribution in [-0.4, -0.2) is 16.0 Å². The molecule has 136 valence electrons. The Balaban J connectivity index is 1.36. The second kappa shape index (κ2) is 7.86. The molecule has 1 aliphatic rings. The van der Waals surface area contributed by atoms with E-state index in [-0.39, 0.29) is 18.1 Å². The van der Waals surface area contributed by atoms with Crippen LogP contribution >= 0.6 is 0 Å². The first-order chi connectivity index (χ1) is 13.3. The van der Waals surface area contributed by atoms with Crippen molar-refractivity contribution in [3.63, 3.8) is 0 Å². The lowest BCUT2D eigenvalue weighted by atomic mass is 10.0. The topological polar surface area (TPSA) is 76.1 Å². The third-order valence-corrected chi connectivity index (χ3v) is 4.40. The van der Waals surface area contributed by atoms with Crippen molar-refractivity contribution in [1.82, 2.24) is 15.3 Å². The molecule has 1 saturated carbocycles. The lowest BCUT2D eigenvalue weighted by Gasteiger charge is -2.19. The first-order valence-electron chi connectivity index (χ1n) is 8.95. The number of carbonyl (C=O) groups is 1. The Morgan fingerprint density at radius 3 is 2.33 bits per heavy atom. The lowest BCUT2D eigenvalue weighted by molar-refractivity contribution is 0.247. The van der Waals surface area contributed by atoms with Crippen molar-refractivity contribution >= 4 is 11.7 Å². The average Bonchev–Trinajstić information content (AvgIpc) is 3.54. The predicted molar refractivity (Wildman–Crippen MR) is 103 cm³/mol. The van der Waals surface area contributed by atoms with Crippen LogP contribution in [0.1, 0.15) is 24.4 Å². The molecule has 4 rings (SSSR count). The Labute approximate surface area is 157 Å². The van der Waals surface area contributed by atoms with Gasteiger partial charge in [0.15, 0.2) is 0 Å². The molecule has 0 spiro atoms. The second-order valence-corrected chi connectivity index (χ2v) is 6.48. The van der Waals surface area contributed by atoms with Crippen molar-refractivity contribution in [2.24, 2.45) is 5.92 Å². The molecule has 2 aromatic carbocycles. The summed E-state index contributed by atoms with van der Waals surface area (Å²) < 4.78 is 5.55. The fourth-order valence-electron chi connectivity index (χ4n) is 2.92. The van der Waals surface area contributed by atoms with Gasteiger partial charge in [-0.05, 0) is 54.7 Å². The van der Waals surface area contributed by atoms with Crippen LogP contribution in [0, 0.1) is 5.92 Å². The van der Waals surface area contributed by atoms with Crippen molar-refractivity contribution in [1.29, 1.82) is 0 Å². The van der Waals surface area contributed by atoms with Crippen LogP contribution in [0.25, 0.3) is 0 Å². The van der Waals surface area contributed by atoms with E-state index in [1.165, 1.54) is 0 Å². The normalized spacial score (nSPS) is 14.2. The van der Waals surface area contributed by atoms with E-state index in [1.54, 1.807) is 42.7 Å². The van der Waals surface area contributed by atoms with Gasteiger partial charge in [0, 0.05) is 18.1 Å². The Kier molecular flexibility index (Phi) is 4.96. The third kappa shape index (κ3) is 4.61. The molecule has 0 bridgehead atoms. The highest BCUT2D eigenvalue weighted by atomic mass is 16.5. The van der Waals surface area contributed by atoms with E-state index in [0.29, 0.717) is 17.4 Å². The van der Waals surface area contributed by atoms with Gasteiger partial charge in [-0.1, -0.05) is 30.3 Å². The van der Waals surface area contributed by atoms with E-state index in [9.17, 15) is 4.79 Å². The summed E-state index contributed by atoms with van der Waals surface area (Å²) >= 11 is 0. The summed E-state index contributed by atoms with van der Waals surface area (Å²) in [7, 11) is 0. The molecule has 1 atom stereocenters. The quantitative estimate of drug-likeness (QED) is 0.676. The fourth-order valence-corrected chi connectivity index (χ4v) is 2.92. The molecule has 1 aromatic heterocycles. The maximum Gasteiger partial charge on any atom is 0.321 e. The number of benzene rings is 2. The second-order valence-electron chi connectivity index (χ2n) is 6.48. The minimum Gasteiger partial charge on any atom is -0.424 e. The molecule has 1 aliphatic carbocycles. The molecule has 0 aliphatic heterocycles. The monoisotopic (exact) mass is 360 g/mol. The summed E-state index contributed by atoms with van der Waals surface area (Å²) in [6, 6.07) is 19.0. The number of aromatic nitrogens is 2. The Bertz CT molecular complexity index is 881. The average molecular weight is 360 g/mol. The van der Waals surface area contributed by atoms with Crippen LogP contribution in [0.2, 0.25) is 0 Å². The van der Waals surface area contributed by atoms with Crippen LogP contribution in [0.4, 0.5) is 10.5 Å². The molecule has 2 amide bonds. The van der Waals surface area contributed by atoms with Gasteiger partial charge >= 0.3 is 12.0 Å².